The van der Waals surface area contributed by atoms with Crippen LogP contribution in [0.3, 0.4) is 0 Å². The van der Waals surface area contributed by atoms with E-state index in [1.165, 1.54) is 24.7 Å². The lowest BCUT2D eigenvalue weighted by molar-refractivity contribution is -0.152. The number of nitrogens with one attached hydrogen (secondary N) is 1. The van der Waals surface area contributed by atoms with E-state index in [0.29, 0.717) is 0 Å². The summed E-state index contributed by atoms with van der Waals surface area (Å²) in [6.45, 7) is 2.34. The minimum absolute atomic E-state index is 0.00728. The fraction of sp³-hybridized carbons (Fsp3) is 0.500. The predicted octanol–water partition coefficient (Wildman–Crippen LogP) is -1.13. The minimum Gasteiger partial charge on any atom is -0.463 e. The van der Waals surface area contributed by atoms with Crippen LogP contribution in [0.15, 0.2) is 11.1 Å². The van der Waals surface area contributed by atoms with Gasteiger partial charge < -0.3 is 20.3 Å². The number of nitrogen functional groups attached to an aromatic ring is 1. The molecule has 0 aliphatic carbocycles. The van der Waals surface area contributed by atoms with Gasteiger partial charge in [0.25, 0.3) is 5.56 Å². The van der Waals surface area contributed by atoms with Crippen LogP contribution in [0.2, 0.25) is 0 Å². The van der Waals surface area contributed by atoms with Crippen molar-refractivity contribution in [3.63, 3.8) is 0 Å². The van der Waals surface area contributed by atoms with Gasteiger partial charge in [0.1, 0.15) is 6.61 Å². The molecule has 134 valence electrons. The minimum atomic E-state index is -1.89. The molecule has 3 atom stereocenters. The van der Waals surface area contributed by atoms with Crippen LogP contribution in [0.4, 0.5) is 5.95 Å². The molecule has 3 rings (SSSR count). The second-order valence-electron chi connectivity index (χ2n) is 5.87. The summed E-state index contributed by atoms with van der Waals surface area (Å²) in [6.07, 6.45) is -0.749. The Balaban J connectivity index is 2.03. The van der Waals surface area contributed by atoms with Crippen LogP contribution in [0.1, 0.15) is 26.5 Å². The molecule has 0 spiro atoms. The van der Waals surface area contributed by atoms with Crippen molar-refractivity contribution in [1.29, 1.82) is 0 Å². The Bertz CT molecular complexity index is 905. The number of carbonyl (C=O) groups excluding carboxylic acids is 2. The van der Waals surface area contributed by atoms with E-state index in [-0.39, 0.29) is 30.1 Å². The van der Waals surface area contributed by atoms with E-state index < -0.39 is 35.2 Å². The highest BCUT2D eigenvalue weighted by Crippen LogP contribution is 2.40. The molecule has 1 aliphatic rings. The van der Waals surface area contributed by atoms with E-state index in [1.54, 1.807) is 0 Å². The first-order valence-corrected chi connectivity index (χ1v) is 7.47. The number of anilines is 1. The third-order valence-electron chi connectivity index (χ3n) is 4.05. The average Bonchev–Trinajstić information content (AvgIpc) is 3.07. The molecule has 2 aromatic heterocycles. The van der Waals surface area contributed by atoms with Gasteiger partial charge in [-0.05, 0) is 6.92 Å². The zero-order valence-corrected chi connectivity index (χ0v) is 13.6. The molecular formula is C14H17N5O6. The zero-order valence-electron chi connectivity index (χ0n) is 13.6. The largest absolute Gasteiger partial charge is 0.463 e. The van der Waals surface area contributed by atoms with Crippen molar-refractivity contribution in [2.45, 2.75) is 38.2 Å². The molecule has 1 fully saturated rings. The molecule has 11 nitrogen and oxygen atoms in total. The van der Waals surface area contributed by atoms with Crippen LogP contribution in [-0.2, 0) is 19.1 Å². The number of nitrogens with two attached hydrogens (primary N) is 1. The summed E-state index contributed by atoms with van der Waals surface area (Å²) in [6, 6.07) is 0. The van der Waals surface area contributed by atoms with Crippen LogP contribution >= 0.6 is 0 Å². The van der Waals surface area contributed by atoms with Gasteiger partial charge in [0.05, 0.1) is 12.4 Å². The molecule has 4 N–H and O–H groups in total. The van der Waals surface area contributed by atoms with Crippen molar-refractivity contribution in [1.82, 2.24) is 19.5 Å². The summed E-state index contributed by atoms with van der Waals surface area (Å²) in [5.74, 6) is -1.19. The van der Waals surface area contributed by atoms with Crippen molar-refractivity contribution in [3.8, 4) is 0 Å². The molecule has 3 heterocycles. The van der Waals surface area contributed by atoms with E-state index in [4.69, 9.17) is 15.2 Å². The number of fused-ring (bicyclic) bond motifs is 1. The lowest BCUT2D eigenvalue weighted by Gasteiger charge is -2.26. The van der Waals surface area contributed by atoms with Crippen molar-refractivity contribution >= 4 is 28.9 Å². The Kier molecular flexibility index (Phi) is 4.05. The fourth-order valence-corrected chi connectivity index (χ4v) is 2.83. The number of H-pyrrole nitrogens is 1. The number of aromatic amines is 1. The van der Waals surface area contributed by atoms with Crippen LogP contribution in [0.5, 0.6) is 0 Å². The summed E-state index contributed by atoms with van der Waals surface area (Å²) in [7, 11) is 0. The summed E-state index contributed by atoms with van der Waals surface area (Å²) < 4.78 is 11.9. The summed E-state index contributed by atoms with van der Waals surface area (Å²) >= 11 is 0. The number of Topliss-reactive ketones (excluding diaryl/α,β-unsaturated/α-hetero) is 1. The monoisotopic (exact) mass is 351 g/mol. The van der Waals surface area contributed by atoms with E-state index in [0.717, 1.165) is 0 Å². The number of ether oxygens (including phenoxy) is 2. The highest BCUT2D eigenvalue weighted by atomic mass is 16.6. The van der Waals surface area contributed by atoms with E-state index in [9.17, 15) is 19.5 Å². The number of nitrogens with zero attached hydrogens (tertiary/aromatic N) is 3. The Morgan fingerprint density at radius 3 is 2.92 bits per heavy atom. The van der Waals surface area contributed by atoms with Gasteiger partial charge in [0.2, 0.25) is 5.95 Å². The second-order valence-corrected chi connectivity index (χ2v) is 5.87. The third kappa shape index (κ3) is 2.87. The molecule has 0 amide bonds. The van der Waals surface area contributed by atoms with Crippen LogP contribution < -0.4 is 11.3 Å². The molecule has 0 bridgehead atoms. The zero-order chi connectivity index (χ0) is 18.4. The van der Waals surface area contributed by atoms with Gasteiger partial charge in [-0.3, -0.25) is 23.9 Å². The predicted molar refractivity (Wildman–Crippen MR) is 83.4 cm³/mol. The summed E-state index contributed by atoms with van der Waals surface area (Å²) in [4.78, 5) is 45.2. The molecule has 0 unspecified atom stereocenters. The molecule has 0 radical (unpaired) electrons. The third-order valence-corrected chi connectivity index (χ3v) is 4.05. The van der Waals surface area contributed by atoms with E-state index in [1.807, 2.05) is 0 Å². The quantitative estimate of drug-likeness (QED) is 0.578. The maximum atomic E-state index is 12.0. The molecule has 0 saturated carbocycles. The normalized spacial score (nSPS) is 26.0. The number of carbonyl (C=O) groups is 2. The number of hydrogen-bond donors (Lipinski definition) is 3. The highest BCUT2D eigenvalue weighted by molar-refractivity contribution is 5.86. The first-order chi connectivity index (χ1) is 11.7. The molecule has 1 saturated heterocycles. The van der Waals surface area contributed by atoms with Gasteiger partial charge in [-0.1, -0.05) is 0 Å². The number of hydrogen-bond acceptors (Lipinski definition) is 9. The van der Waals surface area contributed by atoms with Gasteiger partial charge in [0.15, 0.2) is 28.8 Å². The molecule has 1 aliphatic heterocycles. The lowest BCUT2D eigenvalue weighted by Crippen LogP contribution is -2.42. The van der Waals surface area contributed by atoms with Crippen LogP contribution in [0.25, 0.3) is 11.2 Å². The lowest BCUT2D eigenvalue weighted by atomic mass is 9.93. The summed E-state index contributed by atoms with van der Waals surface area (Å²) in [5, 5.41) is 10.8. The van der Waals surface area contributed by atoms with Crippen molar-refractivity contribution in [3.05, 3.63) is 16.7 Å². The molecular weight excluding hydrogens is 334 g/mol. The number of esters is 1. The van der Waals surface area contributed by atoms with Gasteiger partial charge in [0, 0.05) is 13.3 Å². The van der Waals surface area contributed by atoms with Gasteiger partial charge in [-0.25, -0.2) is 4.98 Å². The number of rotatable bonds is 4. The first-order valence-electron chi connectivity index (χ1n) is 7.47. The fourth-order valence-electron chi connectivity index (χ4n) is 2.83. The SMILES string of the molecule is CC(=O)OC[C@@H]1C[C@](O)(C(C)=O)[C@H](n2cnc3c(=O)[nH]c(N)nc32)O1. The second kappa shape index (κ2) is 5.93. The van der Waals surface area contributed by atoms with Gasteiger partial charge in [-0.2, -0.15) is 4.98 Å². The van der Waals surface area contributed by atoms with E-state index in [2.05, 4.69) is 15.0 Å². The van der Waals surface area contributed by atoms with Crippen molar-refractivity contribution in [2.75, 3.05) is 12.3 Å². The van der Waals surface area contributed by atoms with Gasteiger partial charge in [-0.15, -0.1) is 0 Å². The summed E-state index contributed by atoms with van der Waals surface area (Å²) in [5.41, 5.74) is 3.17. The molecule has 11 heteroatoms. The Morgan fingerprint density at radius 2 is 2.28 bits per heavy atom. The topological polar surface area (TPSA) is 162 Å². The molecule has 25 heavy (non-hydrogen) atoms. The van der Waals surface area contributed by atoms with E-state index >= 15 is 0 Å². The number of imidazole rings is 1. The number of aromatic nitrogens is 4. The average molecular weight is 351 g/mol. The van der Waals surface area contributed by atoms with Crippen molar-refractivity contribution < 1.29 is 24.2 Å². The maximum absolute atomic E-state index is 12.0. The van der Waals surface area contributed by atoms with Crippen molar-refractivity contribution in [2.24, 2.45) is 0 Å². The number of aliphatic hydroxyl groups is 1. The Morgan fingerprint density at radius 1 is 1.56 bits per heavy atom. The Hall–Kier alpha value is -2.79. The standard InChI is InChI=1S/C14H17N5O6/c1-6(20)14(23)3-8(4-24-7(2)21)25-12(14)19-5-16-9-10(19)17-13(15)18-11(9)22/h5,8,12,23H,3-4H2,1-2H3,(H3,15,17,18,22)/t8-,12+,14-/m0/s1. The van der Waals surface area contributed by atoms with Crippen LogP contribution in [0, 0.1) is 0 Å². The molecule has 2 aromatic rings. The van der Waals surface area contributed by atoms with Crippen LogP contribution in [-0.4, -0.2) is 54.7 Å². The Labute approximate surface area is 140 Å². The first kappa shape index (κ1) is 17.0. The van der Waals surface area contributed by atoms with Gasteiger partial charge >= 0.3 is 5.97 Å². The molecule has 0 aromatic carbocycles. The number of ketones is 1. The smallest absolute Gasteiger partial charge is 0.302 e. The maximum Gasteiger partial charge on any atom is 0.302 e. The highest BCUT2D eigenvalue weighted by Gasteiger charge is 2.52.